The third-order valence-electron chi connectivity index (χ3n) is 4.23. The number of hydrogen-bond acceptors (Lipinski definition) is 1. The van der Waals surface area contributed by atoms with E-state index in [2.05, 4.69) is 6.92 Å². The number of hydrogen-bond donors (Lipinski definition) is 1. The van der Waals surface area contributed by atoms with Crippen molar-refractivity contribution in [3.63, 3.8) is 0 Å². The Labute approximate surface area is 85.7 Å². The Bertz CT molecular complexity index is 220. The fourth-order valence-electron chi connectivity index (χ4n) is 3.12. The lowest BCUT2D eigenvalue weighted by molar-refractivity contribution is -0.147. The second kappa shape index (κ2) is 3.92. The molecule has 3 unspecified atom stereocenters. The van der Waals surface area contributed by atoms with E-state index in [0.717, 1.165) is 31.1 Å². The van der Waals surface area contributed by atoms with Crippen LogP contribution in [0.25, 0.3) is 0 Å². The number of aliphatic carboxylic acids is 1. The molecule has 2 saturated carbocycles. The van der Waals surface area contributed by atoms with Crippen LogP contribution in [0.3, 0.4) is 0 Å². The van der Waals surface area contributed by atoms with Gasteiger partial charge in [-0.15, -0.1) is 0 Å². The van der Waals surface area contributed by atoms with Crippen molar-refractivity contribution < 1.29 is 9.90 Å². The van der Waals surface area contributed by atoms with E-state index in [1.807, 2.05) is 0 Å². The molecule has 0 saturated heterocycles. The minimum Gasteiger partial charge on any atom is -0.481 e. The first-order chi connectivity index (χ1) is 6.68. The molecule has 1 N–H and O–H groups in total. The van der Waals surface area contributed by atoms with Gasteiger partial charge < -0.3 is 5.11 Å². The van der Waals surface area contributed by atoms with Gasteiger partial charge >= 0.3 is 5.97 Å². The molecule has 0 spiro atoms. The largest absolute Gasteiger partial charge is 0.481 e. The molecule has 2 fully saturated rings. The first kappa shape index (κ1) is 10.0. The lowest BCUT2D eigenvalue weighted by atomic mass is 9.63. The Balaban J connectivity index is 2.02. The highest BCUT2D eigenvalue weighted by Crippen LogP contribution is 2.45. The highest BCUT2D eigenvalue weighted by Gasteiger charge is 2.40. The van der Waals surface area contributed by atoms with Gasteiger partial charge in [-0.2, -0.15) is 0 Å². The van der Waals surface area contributed by atoms with Crippen LogP contribution in [0, 0.1) is 23.7 Å². The third kappa shape index (κ3) is 1.79. The molecule has 2 rings (SSSR count). The smallest absolute Gasteiger partial charge is 0.306 e. The standard InChI is InChI=1S/C12H20O2/c1-8-5-6-10(12(13)14)11(7-8)9-3-2-4-9/h8-11H,2-7H2,1H3,(H,13,14). The Morgan fingerprint density at radius 3 is 2.43 bits per heavy atom. The van der Waals surface area contributed by atoms with Crippen molar-refractivity contribution in [1.82, 2.24) is 0 Å². The number of carboxylic acid groups (broad SMARTS) is 1. The van der Waals surface area contributed by atoms with Crippen LogP contribution in [0.1, 0.15) is 45.4 Å². The summed E-state index contributed by atoms with van der Waals surface area (Å²) >= 11 is 0. The van der Waals surface area contributed by atoms with Crippen molar-refractivity contribution in [2.45, 2.75) is 45.4 Å². The Kier molecular flexibility index (Phi) is 2.80. The van der Waals surface area contributed by atoms with Crippen LogP contribution in [-0.2, 0) is 4.79 Å². The van der Waals surface area contributed by atoms with Gasteiger partial charge in [0.25, 0.3) is 0 Å². The minimum atomic E-state index is -0.547. The SMILES string of the molecule is CC1CCC(C(=O)O)C(C2CCC2)C1. The first-order valence-corrected chi connectivity index (χ1v) is 5.91. The Morgan fingerprint density at radius 2 is 1.93 bits per heavy atom. The molecule has 0 aliphatic heterocycles. The average Bonchev–Trinajstić information content (AvgIpc) is 2.00. The summed E-state index contributed by atoms with van der Waals surface area (Å²) < 4.78 is 0. The summed E-state index contributed by atoms with van der Waals surface area (Å²) in [6.07, 6.45) is 7.06. The van der Waals surface area contributed by atoms with Gasteiger partial charge in [0.2, 0.25) is 0 Å². The molecule has 0 bridgehead atoms. The molecular formula is C12H20O2. The van der Waals surface area contributed by atoms with E-state index in [9.17, 15) is 4.79 Å². The molecule has 2 aliphatic rings. The highest BCUT2D eigenvalue weighted by atomic mass is 16.4. The molecule has 2 nitrogen and oxygen atoms in total. The minimum absolute atomic E-state index is 0.0310. The first-order valence-electron chi connectivity index (χ1n) is 5.91. The van der Waals surface area contributed by atoms with Crippen LogP contribution in [0.4, 0.5) is 0 Å². The Morgan fingerprint density at radius 1 is 1.21 bits per heavy atom. The Hall–Kier alpha value is -0.530. The number of rotatable bonds is 2. The summed E-state index contributed by atoms with van der Waals surface area (Å²) in [6, 6.07) is 0. The van der Waals surface area contributed by atoms with Gasteiger partial charge in [0.15, 0.2) is 0 Å². The van der Waals surface area contributed by atoms with Crippen LogP contribution in [0.5, 0.6) is 0 Å². The maximum absolute atomic E-state index is 11.1. The molecule has 80 valence electrons. The third-order valence-corrected chi connectivity index (χ3v) is 4.23. The molecule has 0 aromatic heterocycles. The zero-order valence-corrected chi connectivity index (χ0v) is 8.91. The lowest BCUT2D eigenvalue weighted by Crippen LogP contribution is -2.37. The summed E-state index contributed by atoms with van der Waals surface area (Å²) in [7, 11) is 0. The van der Waals surface area contributed by atoms with Gasteiger partial charge in [0.05, 0.1) is 5.92 Å². The summed E-state index contributed by atoms with van der Waals surface area (Å²) in [4.78, 5) is 11.1. The van der Waals surface area contributed by atoms with Gasteiger partial charge in [-0.25, -0.2) is 0 Å². The van der Waals surface area contributed by atoms with Crippen molar-refractivity contribution >= 4 is 5.97 Å². The van der Waals surface area contributed by atoms with E-state index < -0.39 is 5.97 Å². The van der Waals surface area contributed by atoms with Crippen molar-refractivity contribution in [2.75, 3.05) is 0 Å². The molecule has 0 radical (unpaired) electrons. The summed E-state index contributed by atoms with van der Waals surface area (Å²) in [5.41, 5.74) is 0. The zero-order chi connectivity index (χ0) is 10.1. The van der Waals surface area contributed by atoms with E-state index in [1.165, 1.54) is 19.3 Å². The molecule has 14 heavy (non-hydrogen) atoms. The van der Waals surface area contributed by atoms with Gasteiger partial charge in [0.1, 0.15) is 0 Å². The second-order valence-electron chi connectivity index (χ2n) is 5.22. The van der Waals surface area contributed by atoms with Gasteiger partial charge in [-0.1, -0.05) is 26.2 Å². The second-order valence-corrected chi connectivity index (χ2v) is 5.22. The predicted octanol–water partition coefficient (Wildman–Crippen LogP) is 2.92. The zero-order valence-electron chi connectivity index (χ0n) is 8.91. The maximum atomic E-state index is 11.1. The van der Waals surface area contributed by atoms with E-state index in [0.29, 0.717) is 5.92 Å². The van der Waals surface area contributed by atoms with Crippen LogP contribution < -0.4 is 0 Å². The van der Waals surface area contributed by atoms with Gasteiger partial charge in [-0.05, 0) is 37.0 Å². The summed E-state index contributed by atoms with van der Waals surface area (Å²) in [5.74, 6) is 1.39. The number of carboxylic acids is 1. The van der Waals surface area contributed by atoms with Crippen LogP contribution in [-0.4, -0.2) is 11.1 Å². The molecular weight excluding hydrogens is 176 g/mol. The quantitative estimate of drug-likeness (QED) is 0.737. The van der Waals surface area contributed by atoms with Crippen molar-refractivity contribution in [3.05, 3.63) is 0 Å². The molecule has 2 heteroatoms. The lowest BCUT2D eigenvalue weighted by Gasteiger charge is -2.41. The van der Waals surface area contributed by atoms with Gasteiger partial charge in [0, 0.05) is 0 Å². The van der Waals surface area contributed by atoms with E-state index in [-0.39, 0.29) is 5.92 Å². The van der Waals surface area contributed by atoms with Crippen molar-refractivity contribution in [1.29, 1.82) is 0 Å². The van der Waals surface area contributed by atoms with E-state index in [1.54, 1.807) is 0 Å². The van der Waals surface area contributed by atoms with Crippen molar-refractivity contribution in [3.8, 4) is 0 Å². The molecule has 0 heterocycles. The van der Waals surface area contributed by atoms with Crippen LogP contribution >= 0.6 is 0 Å². The normalized spacial score (nSPS) is 39.1. The van der Waals surface area contributed by atoms with E-state index in [4.69, 9.17) is 5.11 Å². The topological polar surface area (TPSA) is 37.3 Å². The maximum Gasteiger partial charge on any atom is 0.306 e. The van der Waals surface area contributed by atoms with Crippen LogP contribution in [0.15, 0.2) is 0 Å². The average molecular weight is 196 g/mol. The fourth-order valence-corrected chi connectivity index (χ4v) is 3.12. The molecule has 0 amide bonds. The molecule has 2 aliphatic carbocycles. The fraction of sp³-hybridized carbons (Fsp3) is 0.917. The molecule has 0 aromatic rings. The van der Waals surface area contributed by atoms with Gasteiger partial charge in [-0.3, -0.25) is 4.79 Å². The number of carbonyl (C=O) groups is 1. The molecule has 0 aromatic carbocycles. The monoisotopic (exact) mass is 196 g/mol. The van der Waals surface area contributed by atoms with Crippen LogP contribution in [0.2, 0.25) is 0 Å². The summed E-state index contributed by atoms with van der Waals surface area (Å²) in [6.45, 7) is 2.27. The van der Waals surface area contributed by atoms with Crippen molar-refractivity contribution in [2.24, 2.45) is 23.7 Å². The predicted molar refractivity (Wildman–Crippen MR) is 55.0 cm³/mol. The van der Waals surface area contributed by atoms with E-state index >= 15 is 0 Å². The molecule has 3 atom stereocenters. The summed E-state index contributed by atoms with van der Waals surface area (Å²) in [5, 5.41) is 9.16. The highest BCUT2D eigenvalue weighted by molar-refractivity contribution is 5.70.